The molecule has 1 aromatic heterocycles. The summed E-state index contributed by atoms with van der Waals surface area (Å²) < 4.78 is 1.83. The Morgan fingerprint density at radius 1 is 1.13 bits per heavy atom. The molecule has 1 amide bonds. The van der Waals surface area contributed by atoms with Crippen molar-refractivity contribution < 1.29 is 4.79 Å². The fraction of sp³-hybridized carbons (Fsp3) is 0.400. The number of rotatable bonds is 2. The van der Waals surface area contributed by atoms with Crippen molar-refractivity contribution in [1.29, 1.82) is 0 Å². The van der Waals surface area contributed by atoms with E-state index in [1.165, 1.54) is 0 Å². The first kappa shape index (κ1) is 19.9. The highest BCUT2D eigenvalue weighted by Crippen LogP contribution is 2.33. The van der Waals surface area contributed by atoms with Gasteiger partial charge in [0.1, 0.15) is 0 Å². The Hall–Kier alpha value is -2.99. The van der Waals surface area contributed by atoms with Crippen LogP contribution in [0.1, 0.15) is 31.7 Å². The molecule has 31 heavy (non-hydrogen) atoms. The smallest absolute Gasteiger partial charge is 0.255 e. The lowest BCUT2D eigenvalue weighted by Crippen LogP contribution is -2.33. The van der Waals surface area contributed by atoms with Crippen molar-refractivity contribution in [2.24, 2.45) is 23.9 Å². The molecular weight excluding hydrogens is 386 g/mol. The van der Waals surface area contributed by atoms with Crippen molar-refractivity contribution in [3.05, 3.63) is 59.7 Å². The SMILES string of the molecule is CC1CC=C2C=NC(C3CCN(C)CC3)=CN2C(=O)C=C1c1ccc2nn(C)cc2c1. The fourth-order valence-electron chi connectivity index (χ4n) is 4.77. The number of aliphatic imine (C=N–C) groups is 1. The lowest BCUT2D eigenvalue weighted by Gasteiger charge is -2.32. The second-order valence-corrected chi connectivity index (χ2v) is 9.04. The minimum atomic E-state index is -0.00402. The standard InChI is InChI=1S/C25H29N5O/c1-17-4-6-21-14-26-24(18-8-10-28(2)11-9-18)16-30(21)25(31)13-22(17)19-5-7-23-20(12-19)15-29(3)27-23/h5-7,12-18H,4,8-11H2,1-3H3. The Morgan fingerprint density at radius 3 is 2.74 bits per heavy atom. The van der Waals surface area contributed by atoms with Crippen LogP contribution in [0.15, 0.2) is 59.1 Å². The summed E-state index contributed by atoms with van der Waals surface area (Å²) in [4.78, 5) is 22.2. The average Bonchev–Trinajstić information content (AvgIpc) is 3.14. The molecule has 0 spiro atoms. The predicted molar refractivity (Wildman–Crippen MR) is 124 cm³/mol. The number of fused-ring (bicyclic) bond motifs is 2. The molecule has 3 aliphatic rings. The van der Waals surface area contributed by atoms with Crippen molar-refractivity contribution in [2.75, 3.05) is 20.1 Å². The highest BCUT2D eigenvalue weighted by Gasteiger charge is 2.27. The first-order chi connectivity index (χ1) is 15.0. The Labute approximate surface area is 183 Å². The largest absolute Gasteiger partial charge is 0.306 e. The minimum Gasteiger partial charge on any atom is -0.306 e. The number of hydrogen-bond acceptors (Lipinski definition) is 4. The van der Waals surface area contributed by atoms with Crippen LogP contribution in [0.4, 0.5) is 0 Å². The van der Waals surface area contributed by atoms with Gasteiger partial charge in [0.25, 0.3) is 5.91 Å². The second kappa shape index (κ2) is 7.93. The number of allylic oxidation sites excluding steroid dienone is 4. The maximum atomic E-state index is 13.4. The summed E-state index contributed by atoms with van der Waals surface area (Å²) in [6.07, 6.45) is 12.9. The predicted octanol–water partition coefficient (Wildman–Crippen LogP) is 3.98. The molecule has 5 rings (SSSR count). The van der Waals surface area contributed by atoms with Gasteiger partial charge < -0.3 is 4.90 Å². The van der Waals surface area contributed by atoms with E-state index in [2.05, 4.69) is 42.2 Å². The third kappa shape index (κ3) is 3.88. The molecule has 1 aromatic carbocycles. The molecule has 1 atom stereocenters. The Kier molecular flexibility index (Phi) is 5.10. The zero-order valence-electron chi connectivity index (χ0n) is 18.5. The van der Waals surface area contributed by atoms with E-state index in [-0.39, 0.29) is 11.8 Å². The van der Waals surface area contributed by atoms with Crippen LogP contribution < -0.4 is 0 Å². The van der Waals surface area contributed by atoms with Crippen molar-refractivity contribution in [3.8, 4) is 0 Å². The van der Waals surface area contributed by atoms with Crippen LogP contribution in [0.25, 0.3) is 16.5 Å². The number of hydrogen-bond donors (Lipinski definition) is 0. The molecule has 2 aromatic rings. The van der Waals surface area contributed by atoms with E-state index < -0.39 is 0 Å². The van der Waals surface area contributed by atoms with Crippen LogP contribution >= 0.6 is 0 Å². The van der Waals surface area contributed by atoms with E-state index in [0.29, 0.717) is 5.92 Å². The number of piperidine rings is 1. The monoisotopic (exact) mass is 415 g/mol. The zero-order chi connectivity index (χ0) is 21.5. The fourth-order valence-corrected chi connectivity index (χ4v) is 4.77. The van der Waals surface area contributed by atoms with E-state index in [0.717, 1.165) is 65.8 Å². The third-order valence-corrected chi connectivity index (χ3v) is 6.70. The lowest BCUT2D eigenvalue weighted by atomic mass is 9.88. The van der Waals surface area contributed by atoms with Crippen molar-refractivity contribution in [3.63, 3.8) is 0 Å². The summed E-state index contributed by atoms with van der Waals surface area (Å²) in [5.74, 6) is 0.652. The third-order valence-electron chi connectivity index (χ3n) is 6.70. The van der Waals surface area contributed by atoms with Crippen molar-refractivity contribution in [2.45, 2.75) is 26.2 Å². The molecule has 0 N–H and O–H groups in total. The average molecular weight is 416 g/mol. The molecule has 0 radical (unpaired) electrons. The topological polar surface area (TPSA) is 53.7 Å². The Bertz CT molecular complexity index is 1140. The second-order valence-electron chi connectivity index (χ2n) is 9.04. The van der Waals surface area contributed by atoms with E-state index in [4.69, 9.17) is 4.99 Å². The van der Waals surface area contributed by atoms with E-state index in [9.17, 15) is 4.79 Å². The number of carbonyl (C=O) groups is 1. The molecular formula is C25H29N5O. The van der Waals surface area contributed by atoms with Crippen molar-refractivity contribution >= 4 is 28.6 Å². The van der Waals surface area contributed by atoms with Crippen molar-refractivity contribution in [1.82, 2.24) is 19.6 Å². The van der Waals surface area contributed by atoms with Gasteiger partial charge >= 0.3 is 0 Å². The summed E-state index contributed by atoms with van der Waals surface area (Å²) >= 11 is 0. The molecule has 1 saturated heterocycles. The van der Waals surface area contributed by atoms with Gasteiger partial charge in [0, 0.05) is 36.8 Å². The molecule has 160 valence electrons. The van der Waals surface area contributed by atoms with E-state index in [1.807, 2.05) is 42.5 Å². The van der Waals surface area contributed by atoms with Gasteiger partial charge in [0.2, 0.25) is 0 Å². The highest BCUT2D eigenvalue weighted by molar-refractivity contribution is 6.02. The maximum absolute atomic E-state index is 13.4. The lowest BCUT2D eigenvalue weighted by molar-refractivity contribution is -0.122. The van der Waals surface area contributed by atoms with Crippen LogP contribution in [0, 0.1) is 11.8 Å². The molecule has 6 nitrogen and oxygen atoms in total. The molecule has 0 saturated carbocycles. The first-order valence-electron chi connectivity index (χ1n) is 11.1. The highest BCUT2D eigenvalue weighted by atomic mass is 16.2. The Balaban J connectivity index is 1.46. The number of aryl methyl sites for hydroxylation is 1. The molecule has 0 aliphatic carbocycles. The van der Waals surface area contributed by atoms with Crippen LogP contribution in [0.2, 0.25) is 0 Å². The van der Waals surface area contributed by atoms with Gasteiger partial charge in [-0.15, -0.1) is 0 Å². The zero-order valence-corrected chi connectivity index (χ0v) is 18.5. The minimum absolute atomic E-state index is 0.00402. The van der Waals surface area contributed by atoms with Gasteiger partial charge in [-0.2, -0.15) is 5.10 Å². The van der Waals surface area contributed by atoms with Gasteiger partial charge in [0.15, 0.2) is 0 Å². The first-order valence-corrected chi connectivity index (χ1v) is 11.1. The Morgan fingerprint density at radius 2 is 1.94 bits per heavy atom. The van der Waals surface area contributed by atoms with Gasteiger partial charge in [-0.3, -0.25) is 19.4 Å². The van der Waals surface area contributed by atoms with Gasteiger partial charge in [-0.25, -0.2) is 0 Å². The number of aromatic nitrogens is 2. The molecule has 3 aliphatic heterocycles. The molecule has 4 heterocycles. The summed E-state index contributed by atoms with van der Waals surface area (Å²) in [6.45, 7) is 4.33. The maximum Gasteiger partial charge on any atom is 0.255 e. The summed E-state index contributed by atoms with van der Waals surface area (Å²) in [6, 6.07) is 6.25. The van der Waals surface area contributed by atoms with Crippen LogP contribution in [0.5, 0.6) is 0 Å². The van der Waals surface area contributed by atoms with E-state index >= 15 is 0 Å². The summed E-state index contributed by atoms with van der Waals surface area (Å²) in [5, 5.41) is 5.56. The van der Waals surface area contributed by atoms with Crippen LogP contribution in [-0.4, -0.2) is 51.8 Å². The summed E-state index contributed by atoms with van der Waals surface area (Å²) in [5.41, 5.74) is 5.04. The van der Waals surface area contributed by atoms with Gasteiger partial charge in [-0.1, -0.05) is 19.1 Å². The molecule has 0 bridgehead atoms. The van der Waals surface area contributed by atoms with Gasteiger partial charge in [-0.05, 0) is 68.6 Å². The normalized spacial score (nSPS) is 23.2. The number of nitrogens with zero attached hydrogens (tertiary/aromatic N) is 5. The number of amides is 1. The van der Waals surface area contributed by atoms with Gasteiger partial charge in [0.05, 0.1) is 23.1 Å². The molecule has 1 unspecified atom stereocenters. The number of benzene rings is 1. The quantitative estimate of drug-likeness (QED) is 0.746. The van der Waals surface area contributed by atoms with E-state index in [1.54, 1.807) is 4.90 Å². The van der Waals surface area contributed by atoms with Crippen LogP contribution in [0.3, 0.4) is 0 Å². The molecule has 6 heteroatoms. The van der Waals surface area contributed by atoms with Crippen LogP contribution in [-0.2, 0) is 11.8 Å². The molecule has 1 fully saturated rings. The number of carbonyl (C=O) groups excluding carboxylic acids is 1. The number of likely N-dealkylation sites (tertiary alicyclic amines) is 1. The summed E-state index contributed by atoms with van der Waals surface area (Å²) in [7, 11) is 4.09.